The van der Waals surface area contributed by atoms with E-state index in [9.17, 15) is 19.8 Å². The van der Waals surface area contributed by atoms with Gasteiger partial charge in [0.15, 0.2) is 29.1 Å². The van der Waals surface area contributed by atoms with Crippen LogP contribution in [0.25, 0.3) is 11.1 Å². The molecule has 11 nitrogen and oxygen atoms in total. The van der Waals surface area contributed by atoms with Gasteiger partial charge in [0.1, 0.15) is 11.7 Å². The number of phenolic OH excluding ortho intramolecular Hbond substituents is 1. The van der Waals surface area contributed by atoms with Crippen LogP contribution in [-0.2, 0) is 9.47 Å². The van der Waals surface area contributed by atoms with Crippen molar-refractivity contribution in [2.45, 2.75) is 31.7 Å². The maximum absolute atomic E-state index is 13.7. The third-order valence-corrected chi connectivity index (χ3v) is 8.75. The molecule has 4 unspecified atom stereocenters. The maximum Gasteiger partial charge on any atom is 0.338 e. The molecule has 0 aromatic heterocycles. The van der Waals surface area contributed by atoms with Gasteiger partial charge in [-0.2, -0.15) is 0 Å². The molecular weight excluding hydrogens is 608 g/mol. The molecule has 1 heterocycles. The number of aromatic hydroxyl groups is 1. The summed E-state index contributed by atoms with van der Waals surface area (Å²) < 4.78 is 40.9. The Labute approximate surface area is 271 Å². The topological polar surface area (TPSA) is 139 Å². The average molecular weight is 643 g/mol. The summed E-state index contributed by atoms with van der Waals surface area (Å²) in [6.45, 7) is 3.00. The van der Waals surface area contributed by atoms with Gasteiger partial charge >= 0.3 is 11.9 Å². The van der Waals surface area contributed by atoms with Gasteiger partial charge in [0, 0.05) is 28.2 Å². The number of ether oxygens (including phenoxy) is 7. The average Bonchev–Trinajstić information content (AvgIpc) is 3.58. The fraction of sp³-hybridized carbons (Fsp3) is 0.278. The number of phenols is 1. The zero-order valence-corrected chi connectivity index (χ0v) is 26.4. The normalized spacial score (nSPS) is 20.9. The molecule has 0 radical (unpaired) electrons. The van der Waals surface area contributed by atoms with Crippen molar-refractivity contribution in [3.63, 3.8) is 0 Å². The fourth-order valence-electron chi connectivity index (χ4n) is 6.16. The van der Waals surface area contributed by atoms with Crippen LogP contribution in [0.4, 0.5) is 0 Å². The predicted octanol–water partition coefficient (Wildman–Crippen LogP) is 6.01. The summed E-state index contributed by atoms with van der Waals surface area (Å²) in [4.78, 5) is 27.3. The van der Waals surface area contributed by atoms with Gasteiger partial charge in [-0.1, -0.05) is 43.3 Å². The first-order chi connectivity index (χ1) is 22.6. The number of fused-ring (bicyclic) bond motifs is 4. The summed E-state index contributed by atoms with van der Waals surface area (Å²) in [7, 11) is 4.26. The van der Waals surface area contributed by atoms with Gasteiger partial charge < -0.3 is 43.4 Å². The molecule has 244 valence electrons. The first-order valence-corrected chi connectivity index (χ1v) is 14.8. The van der Waals surface area contributed by atoms with Crippen molar-refractivity contribution >= 4 is 11.9 Å². The third kappa shape index (κ3) is 5.32. The van der Waals surface area contributed by atoms with Crippen LogP contribution in [0.15, 0.2) is 72.8 Å². The van der Waals surface area contributed by atoms with Crippen molar-refractivity contribution in [2.24, 2.45) is 5.92 Å². The van der Waals surface area contributed by atoms with Crippen LogP contribution in [0.5, 0.6) is 34.5 Å². The Balaban J connectivity index is 1.68. The van der Waals surface area contributed by atoms with E-state index in [0.717, 1.165) is 0 Å². The number of carbonyl (C=O) groups excluding carboxylic acids is 2. The van der Waals surface area contributed by atoms with E-state index in [4.69, 9.17) is 33.2 Å². The molecule has 2 aliphatic rings. The summed E-state index contributed by atoms with van der Waals surface area (Å²) >= 11 is 0. The molecule has 6 rings (SSSR count). The Kier molecular flexibility index (Phi) is 8.33. The van der Waals surface area contributed by atoms with Gasteiger partial charge in [-0.15, -0.1) is 0 Å². The van der Waals surface area contributed by atoms with Gasteiger partial charge in [-0.3, -0.25) is 0 Å². The van der Waals surface area contributed by atoms with Crippen LogP contribution in [0.1, 0.15) is 57.9 Å². The Bertz CT molecular complexity index is 1820. The number of hydrogen-bond acceptors (Lipinski definition) is 11. The van der Waals surface area contributed by atoms with Gasteiger partial charge in [0.05, 0.1) is 32.5 Å². The van der Waals surface area contributed by atoms with Crippen molar-refractivity contribution in [1.29, 1.82) is 0 Å². The van der Waals surface area contributed by atoms with E-state index in [2.05, 4.69) is 0 Å². The molecule has 4 aromatic rings. The molecule has 2 N–H and O–H groups in total. The molecule has 0 amide bonds. The first-order valence-electron chi connectivity index (χ1n) is 14.8. The molecule has 4 atom stereocenters. The van der Waals surface area contributed by atoms with Crippen LogP contribution in [0, 0.1) is 5.92 Å². The van der Waals surface area contributed by atoms with E-state index in [1.165, 1.54) is 28.3 Å². The molecule has 1 aliphatic carbocycles. The number of aliphatic hydroxyl groups is 1. The Hall–Kier alpha value is -5.42. The Morgan fingerprint density at radius 2 is 1.38 bits per heavy atom. The van der Waals surface area contributed by atoms with Crippen molar-refractivity contribution in [2.75, 3.05) is 28.1 Å². The lowest BCUT2D eigenvalue weighted by Gasteiger charge is -2.43. The molecule has 1 aliphatic heterocycles. The van der Waals surface area contributed by atoms with E-state index >= 15 is 0 Å². The summed E-state index contributed by atoms with van der Waals surface area (Å²) in [5.41, 5.74) is -0.581. The Morgan fingerprint density at radius 3 is 1.96 bits per heavy atom. The van der Waals surface area contributed by atoms with Crippen LogP contribution in [0.2, 0.25) is 0 Å². The lowest BCUT2D eigenvalue weighted by Crippen LogP contribution is -2.46. The zero-order chi connectivity index (χ0) is 33.5. The van der Waals surface area contributed by atoms with Crippen LogP contribution >= 0.6 is 0 Å². The van der Waals surface area contributed by atoms with Gasteiger partial charge in [0.2, 0.25) is 18.3 Å². The molecule has 0 saturated heterocycles. The van der Waals surface area contributed by atoms with E-state index in [-0.39, 0.29) is 74.7 Å². The largest absolute Gasteiger partial charge is 0.504 e. The second-order valence-corrected chi connectivity index (χ2v) is 11.4. The van der Waals surface area contributed by atoms with E-state index in [0.29, 0.717) is 0 Å². The van der Waals surface area contributed by atoms with Crippen molar-refractivity contribution in [1.82, 2.24) is 0 Å². The van der Waals surface area contributed by atoms with E-state index in [1.807, 2.05) is 0 Å². The molecule has 0 bridgehead atoms. The molecule has 11 heteroatoms. The van der Waals surface area contributed by atoms with E-state index < -0.39 is 35.7 Å². The second-order valence-electron chi connectivity index (χ2n) is 11.4. The first kappa shape index (κ1) is 31.6. The summed E-state index contributed by atoms with van der Waals surface area (Å²) in [5.74, 6) is -1.98. The molecule has 47 heavy (non-hydrogen) atoms. The van der Waals surface area contributed by atoms with Gasteiger partial charge in [-0.25, -0.2) is 9.59 Å². The number of methoxy groups -OCH3 is 3. The minimum Gasteiger partial charge on any atom is -0.504 e. The Morgan fingerprint density at radius 1 is 0.787 bits per heavy atom. The third-order valence-electron chi connectivity index (χ3n) is 8.75. The smallest absolute Gasteiger partial charge is 0.338 e. The van der Waals surface area contributed by atoms with E-state index in [1.54, 1.807) is 79.7 Å². The maximum atomic E-state index is 13.7. The molecular formula is C36H34O11. The molecule has 0 saturated carbocycles. The minimum atomic E-state index is -1.92. The number of esters is 2. The van der Waals surface area contributed by atoms with Crippen molar-refractivity contribution in [3.05, 3.63) is 95.1 Å². The van der Waals surface area contributed by atoms with Crippen LogP contribution in [-0.4, -0.2) is 55.9 Å². The highest BCUT2D eigenvalue weighted by Gasteiger charge is 2.51. The quantitative estimate of drug-likeness (QED) is 0.229. The highest BCUT2D eigenvalue weighted by molar-refractivity contribution is 5.93. The number of hydrogen-bond donors (Lipinski definition) is 2. The second kappa shape index (κ2) is 12.4. The monoisotopic (exact) mass is 642 g/mol. The summed E-state index contributed by atoms with van der Waals surface area (Å²) in [5, 5.41) is 24.5. The molecule has 0 spiro atoms. The zero-order valence-electron chi connectivity index (χ0n) is 26.4. The predicted molar refractivity (Wildman–Crippen MR) is 168 cm³/mol. The number of carbonyl (C=O) groups is 2. The fourth-order valence-corrected chi connectivity index (χ4v) is 6.16. The lowest BCUT2D eigenvalue weighted by atomic mass is 9.71. The standard InChI is InChI=1S/C36H34O11/c1-19-29(46-34(38)20-12-8-6-9-13-20)22-16-25-30(45-18-44-25)28(37)26(22)27-23(17-24(41-3)31(42-4)32(27)43-5)33(36(19,2)40)47-35(39)21-14-10-7-11-15-21/h6-17,19,29,33,37,40H,18H2,1-5H3. The number of benzene rings is 4. The summed E-state index contributed by atoms with van der Waals surface area (Å²) in [6, 6.07) is 19.9. The van der Waals surface area contributed by atoms with Crippen molar-refractivity contribution < 1.29 is 53.0 Å². The SMILES string of the molecule is COc1cc2c(c(OC)c1OC)-c1c(cc3c(c1O)OCO3)C(OC(=O)c1ccccc1)C(C)C(C)(O)C2OC(=O)c1ccccc1. The van der Waals surface area contributed by atoms with Crippen LogP contribution in [0.3, 0.4) is 0 Å². The van der Waals surface area contributed by atoms with Crippen LogP contribution < -0.4 is 23.7 Å². The van der Waals surface area contributed by atoms with Gasteiger partial charge in [0.25, 0.3) is 0 Å². The number of rotatable bonds is 7. The summed E-state index contributed by atoms with van der Waals surface area (Å²) in [6.07, 6.45) is -2.65. The molecule has 4 aromatic carbocycles. The highest BCUT2D eigenvalue weighted by Crippen LogP contribution is 2.61. The molecule has 0 fully saturated rings. The highest BCUT2D eigenvalue weighted by atomic mass is 16.7. The van der Waals surface area contributed by atoms with Crippen molar-refractivity contribution in [3.8, 4) is 45.6 Å². The minimum absolute atomic E-state index is 0.0532. The lowest BCUT2D eigenvalue weighted by molar-refractivity contribution is -0.135. The van der Waals surface area contributed by atoms with Gasteiger partial charge in [-0.05, 0) is 43.3 Å².